The summed E-state index contributed by atoms with van der Waals surface area (Å²) in [6, 6.07) is 2.46. The summed E-state index contributed by atoms with van der Waals surface area (Å²) in [7, 11) is -3.44. The number of hydrogen-bond donors (Lipinski definition) is 0. The van der Waals surface area contributed by atoms with E-state index in [4.69, 9.17) is 11.6 Å². The van der Waals surface area contributed by atoms with Gasteiger partial charge in [0, 0.05) is 11.1 Å². The number of alkyl halides is 3. The quantitative estimate of drug-likeness (QED) is 0.615. The van der Waals surface area contributed by atoms with Crippen molar-refractivity contribution in [2.75, 3.05) is 0 Å². The van der Waals surface area contributed by atoms with Gasteiger partial charge >= 0.3 is 5.51 Å². The van der Waals surface area contributed by atoms with E-state index in [2.05, 4.69) is 0 Å². The Morgan fingerprint density at radius 1 is 1.38 bits per heavy atom. The monoisotopic (exact) mass is 273 g/mol. The van der Waals surface area contributed by atoms with E-state index in [9.17, 15) is 27.5 Å². The third-order valence-corrected chi connectivity index (χ3v) is 2.93. The highest BCUT2D eigenvalue weighted by molar-refractivity contribution is 7.86. The molecule has 0 N–H and O–H groups in total. The lowest BCUT2D eigenvalue weighted by atomic mass is 10.3. The zero-order valence-corrected chi connectivity index (χ0v) is 8.90. The van der Waals surface area contributed by atoms with E-state index in [-0.39, 0.29) is 5.02 Å². The second-order valence-corrected chi connectivity index (χ2v) is 4.46. The first-order chi connectivity index (χ1) is 7.23. The summed E-state index contributed by atoms with van der Waals surface area (Å²) in [4.78, 5) is 8.47. The average Bonchev–Trinajstić information content (AvgIpc) is 2.15. The molecule has 9 heteroatoms. The fourth-order valence-electron chi connectivity index (χ4n) is 0.915. The van der Waals surface area contributed by atoms with Gasteiger partial charge in [0.05, 0.1) is 4.92 Å². The maximum Gasteiger partial charge on any atom is 0.476 e. The fraction of sp³-hybridized carbons (Fsp3) is 0.143. The standard InChI is InChI=1S/C7H3ClF3NO3S/c8-4-1-2-6(5(3-4)12(13)14)16(15)7(9,10)11/h1-3H. The Bertz CT molecular complexity index is 463. The van der Waals surface area contributed by atoms with E-state index in [0.717, 1.165) is 18.2 Å². The highest BCUT2D eigenvalue weighted by Gasteiger charge is 2.41. The van der Waals surface area contributed by atoms with Crippen molar-refractivity contribution < 1.29 is 22.3 Å². The highest BCUT2D eigenvalue weighted by Crippen LogP contribution is 2.33. The van der Waals surface area contributed by atoms with Gasteiger partial charge in [0.15, 0.2) is 10.8 Å². The molecule has 0 saturated heterocycles. The first-order valence-electron chi connectivity index (χ1n) is 3.66. The van der Waals surface area contributed by atoms with Crippen molar-refractivity contribution in [2.45, 2.75) is 10.4 Å². The molecule has 88 valence electrons. The summed E-state index contributed by atoms with van der Waals surface area (Å²) in [6.45, 7) is 0. The van der Waals surface area contributed by atoms with Gasteiger partial charge in [-0.3, -0.25) is 10.1 Å². The number of nitro benzene ring substituents is 1. The van der Waals surface area contributed by atoms with Gasteiger partial charge in [0.25, 0.3) is 5.69 Å². The van der Waals surface area contributed by atoms with Gasteiger partial charge < -0.3 is 0 Å². The van der Waals surface area contributed by atoms with Gasteiger partial charge in [0.1, 0.15) is 4.90 Å². The molecule has 1 unspecified atom stereocenters. The number of hydrogen-bond acceptors (Lipinski definition) is 3. The van der Waals surface area contributed by atoms with Gasteiger partial charge in [-0.05, 0) is 12.1 Å². The smallest absolute Gasteiger partial charge is 0.258 e. The summed E-state index contributed by atoms with van der Waals surface area (Å²) < 4.78 is 47.3. The van der Waals surface area contributed by atoms with Crippen LogP contribution in [0.15, 0.2) is 23.1 Å². The third-order valence-electron chi connectivity index (χ3n) is 1.53. The van der Waals surface area contributed by atoms with Crippen LogP contribution in [0.3, 0.4) is 0 Å². The van der Waals surface area contributed by atoms with E-state index in [0.29, 0.717) is 0 Å². The summed E-state index contributed by atoms with van der Waals surface area (Å²) in [6.07, 6.45) is 0. The predicted octanol–water partition coefficient (Wildman–Crippen LogP) is 2.88. The van der Waals surface area contributed by atoms with Crippen molar-refractivity contribution in [3.63, 3.8) is 0 Å². The van der Waals surface area contributed by atoms with Crippen LogP contribution in [0.4, 0.5) is 18.9 Å². The SMILES string of the molecule is O=[N+]([O-])c1cc(Cl)ccc1S(=O)C(F)(F)F. The Morgan fingerprint density at radius 3 is 2.38 bits per heavy atom. The molecule has 0 saturated carbocycles. The molecule has 0 aliphatic rings. The van der Waals surface area contributed by atoms with Gasteiger partial charge in [-0.15, -0.1) is 0 Å². The largest absolute Gasteiger partial charge is 0.476 e. The minimum absolute atomic E-state index is 0.102. The molecule has 0 spiro atoms. The Morgan fingerprint density at radius 2 is 1.94 bits per heavy atom. The van der Waals surface area contributed by atoms with E-state index in [1.54, 1.807) is 0 Å². The van der Waals surface area contributed by atoms with Gasteiger partial charge in [-0.2, -0.15) is 13.2 Å². The van der Waals surface area contributed by atoms with Crippen LogP contribution in [0.2, 0.25) is 5.02 Å². The molecule has 1 aromatic carbocycles. The van der Waals surface area contributed by atoms with Crippen molar-refractivity contribution in [2.24, 2.45) is 0 Å². The van der Waals surface area contributed by atoms with Crippen LogP contribution >= 0.6 is 11.6 Å². The van der Waals surface area contributed by atoms with Crippen molar-refractivity contribution in [3.8, 4) is 0 Å². The molecule has 0 fully saturated rings. The molecule has 0 heterocycles. The van der Waals surface area contributed by atoms with Crippen LogP contribution in [0.5, 0.6) is 0 Å². The molecule has 0 radical (unpaired) electrons. The zero-order valence-electron chi connectivity index (χ0n) is 7.32. The zero-order chi connectivity index (χ0) is 12.5. The molecule has 0 aromatic heterocycles. The number of nitro groups is 1. The fourth-order valence-corrected chi connectivity index (χ4v) is 1.85. The molecule has 16 heavy (non-hydrogen) atoms. The number of nitrogens with zero attached hydrogens (tertiary/aromatic N) is 1. The molecule has 0 aliphatic carbocycles. The molecule has 1 rings (SSSR count). The second-order valence-electron chi connectivity index (χ2n) is 2.58. The summed E-state index contributed by atoms with van der Waals surface area (Å²) in [5.41, 5.74) is -5.96. The maximum atomic E-state index is 12.1. The van der Waals surface area contributed by atoms with Crippen molar-refractivity contribution in [1.82, 2.24) is 0 Å². The van der Waals surface area contributed by atoms with Crippen molar-refractivity contribution in [3.05, 3.63) is 33.3 Å². The number of rotatable bonds is 2. The lowest BCUT2D eigenvalue weighted by Crippen LogP contribution is -2.17. The Kier molecular flexibility index (Phi) is 3.54. The first-order valence-corrected chi connectivity index (χ1v) is 5.19. The molecule has 1 aromatic rings. The Hall–Kier alpha value is -1.15. The highest BCUT2D eigenvalue weighted by atomic mass is 35.5. The first kappa shape index (κ1) is 12.9. The van der Waals surface area contributed by atoms with Crippen LogP contribution in [0, 0.1) is 10.1 Å². The van der Waals surface area contributed by atoms with Gasteiger partial charge in [-0.1, -0.05) is 11.6 Å². The summed E-state index contributed by atoms with van der Waals surface area (Å²) >= 11 is 5.40. The lowest BCUT2D eigenvalue weighted by molar-refractivity contribution is -0.387. The molecular weight excluding hydrogens is 271 g/mol. The average molecular weight is 274 g/mol. The minimum Gasteiger partial charge on any atom is -0.258 e. The molecular formula is C7H3ClF3NO3S. The van der Waals surface area contributed by atoms with Gasteiger partial charge in [0.2, 0.25) is 0 Å². The predicted molar refractivity (Wildman–Crippen MR) is 50.6 cm³/mol. The maximum absolute atomic E-state index is 12.1. The Labute approximate surface area is 94.6 Å². The molecule has 0 amide bonds. The topological polar surface area (TPSA) is 60.2 Å². The van der Waals surface area contributed by atoms with Gasteiger partial charge in [-0.25, -0.2) is 4.21 Å². The van der Waals surface area contributed by atoms with Crippen LogP contribution in [-0.2, 0) is 10.8 Å². The van der Waals surface area contributed by atoms with Crippen molar-refractivity contribution in [1.29, 1.82) is 0 Å². The molecule has 1 atom stereocenters. The van der Waals surface area contributed by atoms with Crippen LogP contribution in [0.1, 0.15) is 0 Å². The molecule has 4 nitrogen and oxygen atoms in total. The number of benzene rings is 1. The second kappa shape index (κ2) is 4.38. The molecule has 0 bridgehead atoms. The Balaban J connectivity index is 3.34. The van der Waals surface area contributed by atoms with E-state index < -0.39 is 31.8 Å². The van der Waals surface area contributed by atoms with Crippen LogP contribution in [-0.4, -0.2) is 14.6 Å². The van der Waals surface area contributed by atoms with E-state index >= 15 is 0 Å². The summed E-state index contributed by atoms with van der Waals surface area (Å²) in [5, 5.41) is 10.3. The lowest BCUT2D eigenvalue weighted by Gasteiger charge is -2.06. The minimum atomic E-state index is -5.04. The normalized spacial score (nSPS) is 13.5. The summed E-state index contributed by atoms with van der Waals surface area (Å²) in [5.74, 6) is 0. The third kappa shape index (κ3) is 2.70. The molecule has 0 aliphatic heterocycles. The van der Waals surface area contributed by atoms with E-state index in [1.165, 1.54) is 0 Å². The van der Waals surface area contributed by atoms with Crippen molar-refractivity contribution >= 4 is 28.1 Å². The van der Waals surface area contributed by atoms with E-state index in [1.807, 2.05) is 0 Å². The van der Waals surface area contributed by atoms with Crippen LogP contribution in [0.25, 0.3) is 0 Å². The number of halogens is 4. The van der Waals surface area contributed by atoms with Crippen LogP contribution < -0.4 is 0 Å².